The summed E-state index contributed by atoms with van der Waals surface area (Å²) in [5.74, 6) is -0.576. The molecule has 0 unspecified atom stereocenters. The number of hydrogen-bond donors (Lipinski definition) is 3. The topological polar surface area (TPSA) is 96.0 Å². The summed E-state index contributed by atoms with van der Waals surface area (Å²) in [6, 6.07) is 3.11. The highest BCUT2D eigenvalue weighted by Crippen LogP contribution is 2.34. The van der Waals surface area contributed by atoms with Crippen LogP contribution in [0, 0.1) is 5.92 Å². The van der Waals surface area contributed by atoms with Crippen molar-refractivity contribution in [2.24, 2.45) is 5.92 Å². The molecule has 0 bridgehead atoms. The van der Waals surface area contributed by atoms with Crippen LogP contribution in [-0.2, 0) is 4.79 Å². The van der Waals surface area contributed by atoms with Crippen molar-refractivity contribution in [1.82, 2.24) is 15.3 Å². The standard InChI is InChI=1S/C17H17Cl2N5O2.ClH/c18-12-7-11(23-16(25)10-1-3-20-4-2-10)8-13(19)15(12)24-17(26)14-9-21-5-6-22-14;/h5-10,20H,1-4H2,(H,23,25)(H,24,26);1H. The van der Waals surface area contributed by atoms with Crippen LogP contribution in [0.5, 0.6) is 0 Å². The van der Waals surface area contributed by atoms with Gasteiger partial charge in [0.1, 0.15) is 5.69 Å². The number of carbonyl (C=O) groups is 2. The Morgan fingerprint density at radius 1 is 1.07 bits per heavy atom. The van der Waals surface area contributed by atoms with E-state index in [1.807, 2.05) is 0 Å². The van der Waals surface area contributed by atoms with Gasteiger partial charge in [-0.2, -0.15) is 0 Å². The maximum atomic E-state index is 12.3. The largest absolute Gasteiger partial charge is 0.326 e. The average Bonchev–Trinajstić information content (AvgIpc) is 2.66. The number of benzene rings is 1. The average molecular weight is 431 g/mol. The van der Waals surface area contributed by atoms with E-state index in [2.05, 4.69) is 25.9 Å². The molecule has 1 saturated heterocycles. The van der Waals surface area contributed by atoms with Gasteiger partial charge in [0.05, 0.1) is 21.9 Å². The third-order valence-corrected chi connectivity index (χ3v) is 4.65. The van der Waals surface area contributed by atoms with Crippen LogP contribution in [0.25, 0.3) is 0 Å². The highest BCUT2D eigenvalue weighted by Gasteiger charge is 2.22. The van der Waals surface area contributed by atoms with Gasteiger partial charge in [-0.1, -0.05) is 23.2 Å². The number of nitrogens with zero attached hydrogens (tertiary/aromatic N) is 2. The van der Waals surface area contributed by atoms with E-state index in [1.165, 1.54) is 18.6 Å². The quantitative estimate of drug-likeness (QED) is 0.691. The number of aromatic nitrogens is 2. The van der Waals surface area contributed by atoms with Crippen molar-refractivity contribution in [2.75, 3.05) is 23.7 Å². The second-order valence-corrected chi connectivity index (χ2v) is 6.69. The molecule has 1 aromatic heterocycles. The van der Waals surface area contributed by atoms with Crippen molar-refractivity contribution in [1.29, 1.82) is 0 Å². The SMILES string of the molecule is Cl.O=C(Nc1c(Cl)cc(NC(=O)C2CCNCC2)cc1Cl)c1cnccn1. The lowest BCUT2D eigenvalue weighted by atomic mass is 9.97. The third kappa shape index (κ3) is 5.52. The molecule has 144 valence electrons. The molecule has 0 aliphatic carbocycles. The molecule has 1 aromatic carbocycles. The molecule has 3 N–H and O–H groups in total. The fourth-order valence-electron chi connectivity index (χ4n) is 2.69. The molecule has 0 atom stereocenters. The summed E-state index contributed by atoms with van der Waals surface area (Å²) in [7, 11) is 0. The van der Waals surface area contributed by atoms with Crippen LogP contribution in [0.15, 0.2) is 30.7 Å². The molecular weight excluding hydrogens is 413 g/mol. The summed E-state index contributed by atoms with van der Waals surface area (Å²) >= 11 is 12.5. The minimum atomic E-state index is -0.478. The first kappa shape index (κ1) is 21.4. The molecule has 0 spiro atoms. The van der Waals surface area contributed by atoms with E-state index < -0.39 is 5.91 Å². The molecule has 2 aromatic rings. The van der Waals surface area contributed by atoms with Gasteiger partial charge in [-0.25, -0.2) is 4.98 Å². The van der Waals surface area contributed by atoms with Crippen molar-refractivity contribution >= 4 is 58.8 Å². The van der Waals surface area contributed by atoms with E-state index >= 15 is 0 Å². The zero-order valence-electron chi connectivity index (χ0n) is 14.2. The monoisotopic (exact) mass is 429 g/mol. The lowest BCUT2D eigenvalue weighted by Gasteiger charge is -2.22. The first-order valence-corrected chi connectivity index (χ1v) is 8.88. The zero-order valence-corrected chi connectivity index (χ0v) is 16.5. The summed E-state index contributed by atoms with van der Waals surface area (Å²) in [4.78, 5) is 32.3. The van der Waals surface area contributed by atoms with E-state index in [1.54, 1.807) is 12.1 Å². The summed E-state index contributed by atoms with van der Waals surface area (Å²) < 4.78 is 0. The maximum absolute atomic E-state index is 12.3. The van der Waals surface area contributed by atoms with Crippen LogP contribution in [-0.4, -0.2) is 34.9 Å². The van der Waals surface area contributed by atoms with Crippen LogP contribution in [0.3, 0.4) is 0 Å². The summed E-state index contributed by atoms with van der Waals surface area (Å²) in [5, 5.41) is 9.10. The Kier molecular flexibility index (Phi) is 7.79. The number of amides is 2. The molecule has 0 saturated carbocycles. The van der Waals surface area contributed by atoms with Gasteiger partial charge in [-0.3, -0.25) is 14.6 Å². The van der Waals surface area contributed by atoms with Gasteiger partial charge in [0.2, 0.25) is 5.91 Å². The number of anilines is 2. The van der Waals surface area contributed by atoms with Gasteiger partial charge in [0, 0.05) is 24.0 Å². The van der Waals surface area contributed by atoms with Crippen molar-refractivity contribution in [3.05, 3.63) is 46.5 Å². The Morgan fingerprint density at radius 3 is 2.33 bits per heavy atom. The molecule has 1 aliphatic heterocycles. The molecule has 1 aliphatic rings. The minimum absolute atomic E-state index is 0. The number of rotatable bonds is 4. The van der Waals surface area contributed by atoms with Gasteiger partial charge in [-0.15, -0.1) is 12.4 Å². The van der Waals surface area contributed by atoms with Crippen molar-refractivity contribution in [3.8, 4) is 0 Å². The Bertz CT molecular complexity index is 790. The molecule has 27 heavy (non-hydrogen) atoms. The molecule has 7 nitrogen and oxygen atoms in total. The second kappa shape index (κ2) is 9.85. The van der Waals surface area contributed by atoms with Gasteiger partial charge in [0.25, 0.3) is 5.91 Å². The normalized spacial score (nSPS) is 14.1. The summed E-state index contributed by atoms with van der Waals surface area (Å²) in [5.41, 5.74) is 0.882. The fraction of sp³-hybridized carbons (Fsp3) is 0.294. The maximum Gasteiger partial charge on any atom is 0.275 e. The Hall–Kier alpha value is -1.93. The van der Waals surface area contributed by atoms with Gasteiger partial charge >= 0.3 is 0 Å². The van der Waals surface area contributed by atoms with Crippen LogP contribution in [0.4, 0.5) is 11.4 Å². The molecule has 3 rings (SSSR count). The van der Waals surface area contributed by atoms with Gasteiger partial charge in [-0.05, 0) is 38.1 Å². The van der Waals surface area contributed by atoms with E-state index in [-0.39, 0.29) is 45.7 Å². The fourth-order valence-corrected chi connectivity index (χ4v) is 3.27. The van der Waals surface area contributed by atoms with E-state index in [0.29, 0.717) is 5.69 Å². The van der Waals surface area contributed by atoms with Crippen molar-refractivity contribution in [3.63, 3.8) is 0 Å². The lowest BCUT2D eigenvalue weighted by molar-refractivity contribution is -0.120. The highest BCUT2D eigenvalue weighted by atomic mass is 35.5. The van der Waals surface area contributed by atoms with Gasteiger partial charge < -0.3 is 16.0 Å². The van der Waals surface area contributed by atoms with E-state index in [0.717, 1.165) is 25.9 Å². The molecular formula is C17H18Cl3N5O2. The van der Waals surface area contributed by atoms with E-state index in [9.17, 15) is 9.59 Å². The Labute approximate surface area is 172 Å². The molecule has 10 heteroatoms. The van der Waals surface area contributed by atoms with Crippen molar-refractivity contribution in [2.45, 2.75) is 12.8 Å². The van der Waals surface area contributed by atoms with Crippen molar-refractivity contribution < 1.29 is 9.59 Å². The van der Waals surface area contributed by atoms with Crippen LogP contribution < -0.4 is 16.0 Å². The second-order valence-electron chi connectivity index (χ2n) is 5.87. The van der Waals surface area contributed by atoms with Crippen LogP contribution in [0.1, 0.15) is 23.3 Å². The summed E-state index contributed by atoms with van der Waals surface area (Å²) in [6.45, 7) is 1.65. The Morgan fingerprint density at radius 2 is 1.74 bits per heavy atom. The number of halogens is 3. The smallest absolute Gasteiger partial charge is 0.275 e. The van der Waals surface area contributed by atoms with Crippen LogP contribution in [0.2, 0.25) is 10.0 Å². The number of carbonyl (C=O) groups excluding carboxylic acids is 2. The van der Waals surface area contributed by atoms with Crippen LogP contribution >= 0.6 is 35.6 Å². The first-order chi connectivity index (χ1) is 12.5. The lowest BCUT2D eigenvalue weighted by Crippen LogP contribution is -2.34. The number of nitrogens with one attached hydrogen (secondary N) is 3. The zero-order chi connectivity index (χ0) is 18.5. The minimum Gasteiger partial charge on any atom is -0.326 e. The number of hydrogen-bond acceptors (Lipinski definition) is 5. The molecule has 0 radical (unpaired) electrons. The third-order valence-electron chi connectivity index (χ3n) is 4.05. The predicted molar refractivity (Wildman–Crippen MR) is 108 cm³/mol. The predicted octanol–water partition coefficient (Wildman–Crippen LogP) is 3.40. The molecule has 1 fully saturated rings. The molecule has 2 amide bonds. The highest BCUT2D eigenvalue weighted by molar-refractivity contribution is 6.40. The van der Waals surface area contributed by atoms with E-state index in [4.69, 9.17) is 23.2 Å². The number of piperidine rings is 1. The Balaban J connectivity index is 0.00000261. The van der Waals surface area contributed by atoms with Gasteiger partial charge in [0.15, 0.2) is 0 Å². The molecule has 2 heterocycles. The first-order valence-electron chi connectivity index (χ1n) is 8.12. The summed E-state index contributed by atoms with van der Waals surface area (Å²) in [6.07, 6.45) is 5.80.